The quantitative estimate of drug-likeness (QED) is 0.910. The van der Waals surface area contributed by atoms with Gasteiger partial charge in [-0.1, -0.05) is 11.6 Å². The van der Waals surface area contributed by atoms with Gasteiger partial charge in [-0.2, -0.15) is 0 Å². The fourth-order valence-corrected chi connectivity index (χ4v) is 1.90. The van der Waals surface area contributed by atoms with Crippen molar-refractivity contribution in [2.24, 2.45) is 0 Å². The maximum atomic E-state index is 5.86. The summed E-state index contributed by atoms with van der Waals surface area (Å²) in [6, 6.07) is 6.31. The predicted molar refractivity (Wildman–Crippen MR) is 73.4 cm³/mol. The van der Waals surface area contributed by atoms with Gasteiger partial charge in [-0.3, -0.25) is 4.98 Å². The normalized spacial score (nSPS) is 14.4. The second kappa shape index (κ2) is 5.55. The van der Waals surface area contributed by atoms with Crippen LogP contribution in [0.4, 0.5) is 0 Å². The average Bonchev–Trinajstić information content (AvgIpc) is 3.21. The molecular weight excluding hydrogens is 262 g/mol. The smallest absolute Gasteiger partial charge is 0.219 e. The SMILES string of the molecule is Clc1cncc(Oc2cc(CNC3CC3)ccn2)c1. The van der Waals surface area contributed by atoms with Crippen LogP contribution in [0.2, 0.25) is 5.02 Å². The Morgan fingerprint density at radius 3 is 3.00 bits per heavy atom. The molecule has 19 heavy (non-hydrogen) atoms. The van der Waals surface area contributed by atoms with Crippen LogP contribution in [0.25, 0.3) is 0 Å². The molecule has 3 rings (SSSR count). The molecule has 98 valence electrons. The van der Waals surface area contributed by atoms with Crippen molar-refractivity contribution < 1.29 is 4.74 Å². The first-order valence-electron chi connectivity index (χ1n) is 6.26. The summed E-state index contributed by atoms with van der Waals surface area (Å²) in [7, 11) is 0. The standard InChI is InChI=1S/C14H14ClN3O/c15-11-6-13(9-16-8-11)19-14-5-10(3-4-17-14)7-18-12-1-2-12/h3-6,8-9,12,18H,1-2,7H2. The van der Waals surface area contributed by atoms with Gasteiger partial charge < -0.3 is 10.1 Å². The average molecular weight is 276 g/mol. The van der Waals surface area contributed by atoms with Gasteiger partial charge in [-0.05, 0) is 24.5 Å². The van der Waals surface area contributed by atoms with E-state index in [1.54, 1.807) is 24.7 Å². The summed E-state index contributed by atoms with van der Waals surface area (Å²) in [6.45, 7) is 0.845. The third-order valence-electron chi connectivity index (χ3n) is 2.87. The van der Waals surface area contributed by atoms with Crippen molar-refractivity contribution in [3.63, 3.8) is 0 Å². The molecule has 0 saturated heterocycles. The lowest BCUT2D eigenvalue weighted by atomic mass is 10.2. The Labute approximate surface area is 116 Å². The molecule has 0 bridgehead atoms. The number of nitrogens with one attached hydrogen (secondary N) is 1. The van der Waals surface area contributed by atoms with Crippen LogP contribution in [0, 0.1) is 0 Å². The number of hydrogen-bond donors (Lipinski definition) is 1. The zero-order valence-electron chi connectivity index (χ0n) is 10.3. The molecule has 0 atom stereocenters. The zero-order valence-corrected chi connectivity index (χ0v) is 11.1. The van der Waals surface area contributed by atoms with Crippen LogP contribution in [-0.4, -0.2) is 16.0 Å². The highest BCUT2D eigenvalue weighted by Crippen LogP contribution is 2.23. The minimum Gasteiger partial charge on any atom is -0.437 e. The summed E-state index contributed by atoms with van der Waals surface area (Å²) in [5.74, 6) is 1.14. The largest absolute Gasteiger partial charge is 0.437 e. The Kier molecular flexibility index (Phi) is 3.62. The molecule has 2 aromatic heterocycles. The zero-order chi connectivity index (χ0) is 13.1. The number of aromatic nitrogens is 2. The molecule has 0 aromatic carbocycles. The molecule has 0 spiro atoms. The van der Waals surface area contributed by atoms with Gasteiger partial charge >= 0.3 is 0 Å². The third kappa shape index (κ3) is 3.66. The summed E-state index contributed by atoms with van der Waals surface area (Å²) >= 11 is 5.86. The number of halogens is 1. The van der Waals surface area contributed by atoms with Gasteiger partial charge in [0.15, 0.2) is 0 Å². The fourth-order valence-electron chi connectivity index (χ4n) is 1.73. The number of ether oxygens (including phenoxy) is 1. The first-order valence-corrected chi connectivity index (χ1v) is 6.64. The summed E-state index contributed by atoms with van der Waals surface area (Å²) in [5, 5.41) is 4.00. The van der Waals surface area contributed by atoms with Crippen LogP contribution in [0.5, 0.6) is 11.6 Å². The fraction of sp³-hybridized carbons (Fsp3) is 0.286. The van der Waals surface area contributed by atoms with Crippen molar-refractivity contribution in [1.29, 1.82) is 0 Å². The minimum absolute atomic E-state index is 0.545. The third-order valence-corrected chi connectivity index (χ3v) is 3.08. The van der Waals surface area contributed by atoms with Gasteiger partial charge in [-0.25, -0.2) is 4.98 Å². The van der Waals surface area contributed by atoms with E-state index in [0.29, 0.717) is 22.7 Å². The van der Waals surface area contributed by atoms with Crippen LogP contribution in [0.15, 0.2) is 36.8 Å². The van der Waals surface area contributed by atoms with Gasteiger partial charge in [-0.15, -0.1) is 0 Å². The molecule has 1 saturated carbocycles. The second-order valence-corrected chi connectivity index (χ2v) is 5.03. The highest BCUT2D eigenvalue weighted by atomic mass is 35.5. The first kappa shape index (κ1) is 12.4. The van der Waals surface area contributed by atoms with Crippen molar-refractivity contribution in [2.75, 3.05) is 0 Å². The minimum atomic E-state index is 0.545. The Hall–Kier alpha value is -1.65. The van der Waals surface area contributed by atoms with Crippen molar-refractivity contribution >= 4 is 11.6 Å². The van der Waals surface area contributed by atoms with E-state index in [1.807, 2.05) is 12.1 Å². The molecule has 4 nitrogen and oxygen atoms in total. The number of pyridine rings is 2. The molecule has 2 aromatic rings. The van der Waals surface area contributed by atoms with Crippen LogP contribution >= 0.6 is 11.6 Å². The van der Waals surface area contributed by atoms with E-state index in [4.69, 9.17) is 16.3 Å². The van der Waals surface area contributed by atoms with E-state index in [9.17, 15) is 0 Å². The van der Waals surface area contributed by atoms with Gasteiger partial charge in [0.05, 0.1) is 11.2 Å². The Bertz CT molecular complexity index is 572. The van der Waals surface area contributed by atoms with Gasteiger partial charge in [0.1, 0.15) is 5.75 Å². The predicted octanol–water partition coefficient (Wildman–Crippen LogP) is 3.17. The lowest BCUT2D eigenvalue weighted by molar-refractivity contribution is 0.459. The van der Waals surface area contributed by atoms with E-state index in [1.165, 1.54) is 12.8 Å². The van der Waals surface area contributed by atoms with E-state index >= 15 is 0 Å². The maximum Gasteiger partial charge on any atom is 0.219 e. The molecule has 1 N–H and O–H groups in total. The summed E-state index contributed by atoms with van der Waals surface area (Å²) in [4.78, 5) is 8.16. The molecule has 1 aliphatic rings. The molecule has 0 aliphatic heterocycles. The summed E-state index contributed by atoms with van der Waals surface area (Å²) in [5.41, 5.74) is 1.16. The molecule has 1 aliphatic carbocycles. The number of rotatable bonds is 5. The molecule has 2 heterocycles. The molecular formula is C14H14ClN3O. The monoisotopic (exact) mass is 275 g/mol. The van der Waals surface area contributed by atoms with Crippen molar-refractivity contribution in [2.45, 2.75) is 25.4 Å². The van der Waals surface area contributed by atoms with Crippen LogP contribution in [0.3, 0.4) is 0 Å². The molecule has 0 unspecified atom stereocenters. The van der Waals surface area contributed by atoms with Crippen LogP contribution in [-0.2, 0) is 6.54 Å². The number of nitrogens with zero attached hydrogens (tertiary/aromatic N) is 2. The first-order chi connectivity index (χ1) is 9.29. The molecule has 1 fully saturated rings. The Morgan fingerprint density at radius 1 is 1.32 bits per heavy atom. The van der Waals surface area contributed by atoms with Crippen LogP contribution < -0.4 is 10.1 Å². The topological polar surface area (TPSA) is 47.0 Å². The Morgan fingerprint density at radius 2 is 2.21 bits per heavy atom. The van der Waals surface area contributed by atoms with E-state index in [0.717, 1.165) is 12.1 Å². The van der Waals surface area contributed by atoms with E-state index < -0.39 is 0 Å². The lowest BCUT2D eigenvalue weighted by Gasteiger charge is -2.07. The van der Waals surface area contributed by atoms with Crippen molar-refractivity contribution in [3.8, 4) is 11.6 Å². The van der Waals surface area contributed by atoms with Crippen molar-refractivity contribution in [1.82, 2.24) is 15.3 Å². The number of hydrogen-bond acceptors (Lipinski definition) is 4. The molecule has 5 heteroatoms. The van der Waals surface area contributed by atoms with Gasteiger partial charge in [0, 0.05) is 37.1 Å². The molecule has 0 amide bonds. The van der Waals surface area contributed by atoms with E-state index in [-0.39, 0.29) is 0 Å². The highest BCUT2D eigenvalue weighted by molar-refractivity contribution is 6.30. The van der Waals surface area contributed by atoms with E-state index in [2.05, 4.69) is 15.3 Å². The second-order valence-electron chi connectivity index (χ2n) is 4.60. The maximum absolute atomic E-state index is 5.86. The Balaban J connectivity index is 1.67. The summed E-state index contributed by atoms with van der Waals surface area (Å²) < 4.78 is 5.64. The van der Waals surface area contributed by atoms with Crippen molar-refractivity contribution in [3.05, 3.63) is 47.4 Å². The summed E-state index contributed by atoms with van der Waals surface area (Å²) in [6.07, 6.45) is 7.49. The van der Waals surface area contributed by atoms with Gasteiger partial charge in [0.25, 0.3) is 0 Å². The van der Waals surface area contributed by atoms with Crippen LogP contribution in [0.1, 0.15) is 18.4 Å². The molecule has 0 radical (unpaired) electrons. The van der Waals surface area contributed by atoms with Gasteiger partial charge in [0.2, 0.25) is 5.88 Å². The lowest BCUT2D eigenvalue weighted by Crippen LogP contribution is -2.15. The highest BCUT2D eigenvalue weighted by Gasteiger charge is 2.19.